The van der Waals surface area contributed by atoms with Crippen LogP contribution < -0.4 is 5.32 Å². The highest BCUT2D eigenvalue weighted by atomic mass is 32.3. The van der Waals surface area contributed by atoms with Crippen LogP contribution in [0.2, 0.25) is 0 Å². The molecule has 5 nitrogen and oxygen atoms in total. The van der Waals surface area contributed by atoms with Gasteiger partial charge in [0.25, 0.3) is 0 Å². The lowest BCUT2D eigenvalue weighted by Gasteiger charge is -2.74. The molecule has 2 atom stereocenters. The number of hydrogen-bond donors (Lipinski definition) is 4. The van der Waals surface area contributed by atoms with E-state index >= 15 is 0 Å². The van der Waals surface area contributed by atoms with Crippen molar-refractivity contribution < 1.29 is 27.2 Å². The smallest absolute Gasteiger partial charge is 0.349 e. The van der Waals surface area contributed by atoms with Gasteiger partial charge in [0.05, 0.1) is 0 Å². The van der Waals surface area contributed by atoms with Crippen molar-refractivity contribution in [1.82, 2.24) is 5.32 Å². The molecular formula is C13H19F2NO4S. The minimum absolute atomic E-state index is 0.0717. The Morgan fingerprint density at radius 2 is 1.76 bits per heavy atom. The van der Waals surface area contributed by atoms with Gasteiger partial charge in [-0.25, -0.2) is 0 Å². The largest absolute Gasteiger partial charge is 0.417 e. The molecule has 0 radical (unpaired) electrons. The molecule has 0 aliphatic heterocycles. The summed E-state index contributed by atoms with van der Waals surface area (Å²) in [6.45, 7) is 0.149. The van der Waals surface area contributed by atoms with E-state index in [9.17, 15) is 13.6 Å². The van der Waals surface area contributed by atoms with Gasteiger partial charge in [-0.1, -0.05) is 0 Å². The Bertz CT molecular complexity index is 505. The summed E-state index contributed by atoms with van der Waals surface area (Å²) < 4.78 is 52.7. The maximum absolute atomic E-state index is 13.4. The van der Waals surface area contributed by atoms with E-state index in [0.29, 0.717) is 11.8 Å². The Balaban J connectivity index is 1.44. The molecule has 0 aromatic rings. The summed E-state index contributed by atoms with van der Waals surface area (Å²) in [5, 5.41) is -2.40. The minimum Gasteiger partial charge on any atom is -0.349 e. The third-order valence-corrected chi connectivity index (χ3v) is 7.65. The number of nitrogens with one attached hydrogen (secondary N) is 1. The van der Waals surface area contributed by atoms with E-state index in [1.807, 2.05) is 0 Å². The van der Waals surface area contributed by atoms with E-state index in [-0.39, 0.29) is 17.4 Å². The lowest BCUT2D eigenvalue weighted by Crippen LogP contribution is -2.71. The van der Waals surface area contributed by atoms with Gasteiger partial charge in [0.1, 0.15) is 0 Å². The molecule has 4 aliphatic carbocycles. The fourth-order valence-electron chi connectivity index (χ4n) is 6.18. The molecule has 2 unspecified atom stereocenters. The topological polar surface area (TPSA) is 89.8 Å². The number of halogens is 2. The highest BCUT2D eigenvalue weighted by Gasteiger charge is 2.80. The van der Waals surface area contributed by atoms with E-state index in [2.05, 4.69) is 5.32 Å². The molecule has 8 heteroatoms. The standard InChI is InChI=1S/C13H19F2NO4S/c14-13(15,21(18,19)20)10(17)16-6-11-4-8-1-7-2-9(5-11)12(8,11)3-7/h7-9,18-20H,1-6H2,(H,16,17). The van der Waals surface area contributed by atoms with Gasteiger partial charge in [0.15, 0.2) is 10.9 Å². The van der Waals surface area contributed by atoms with Crippen molar-refractivity contribution in [2.24, 2.45) is 28.6 Å². The predicted octanol–water partition coefficient (Wildman–Crippen LogP) is 2.75. The third-order valence-electron chi connectivity index (χ3n) is 6.78. The van der Waals surface area contributed by atoms with Crippen LogP contribution in [-0.2, 0) is 4.79 Å². The average Bonchev–Trinajstić information content (AvgIpc) is 2.85. The summed E-state index contributed by atoms with van der Waals surface area (Å²) in [7, 11) is -5.22. The first-order valence-electron chi connectivity index (χ1n) is 7.29. The Morgan fingerprint density at radius 3 is 2.24 bits per heavy atom. The van der Waals surface area contributed by atoms with Gasteiger partial charge in [0, 0.05) is 6.54 Å². The molecule has 0 saturated heterocycles. The molecule has 120 valence electrons. The molecular weight excluding hydrogens is 304 g/mol. The van der Waals surface area contributed by atoms with E-state index < -0.39 is 22.0 Å². The molecule has 1 spiro atoms. The highest BCUT2D eigenvalue weighted by molar-refractivity contribution is 8.20. The first-order chi connectivity index (χ1) is 9.62. The first kappa shape index (κ1) is 14.2. The quantitative estimate of drug-likeness (QED) is 0.640. The van der Waals surface area contributed by atoms with Crippen LogP contribution in [0.4, 0.5) is 8.78 Å². The SMILES string of the molecule is O=C(NCC12CC3CC4CC(C1)C32C4)C(F)(F)S(O)(O)O. The van der Waals surface area contributed by atoms with Gasteiger partial charge in [0.2, 0.25) is 0 Å². The Morgan fingerprint density at radius 1 is 1.19 bits per heavy atom. The summed E-state index contributed by atoms with van der Waals surface area (Å²) in [6, 6.07) is 0. The lowest BCUT2D eigenvalue weighted by atomic mass is 9.30. The van der Waals surface area contributed by atoms with E-state index in [0.717, 1.165) is 25.2 Å². The van der Waals surface area contributed by atoms with Crippen LogP contribution >= 0.6 is 10.9 Å². The highest BCUT2D eigenvalue weighted by Crippen LogP contribution is 2.86. The van der Waals surface area contributed by atoms with Crippen molar-refractivity contribution >= 4 is 16.8 Å². The monoisotopic (exact) mass is 323 g/mol. The summed E-state index contributed by atoms with van der Waals surface area (Å²) in [6.07, 6.45) is 5.57. The van der Waals surface area contributed by atoms with Crippen molar-refractivity contribution in [2.75, 3.05) is 6.54 Å². The number of carbonyl (C=O) groups is 1. The molecule has 21 heavy (non-hydrogen) atoms. The van der Waals surface area contributed by atoms with Gasteiger partial charge in [-0.2, -0.15) is 8.78 Å². The molecule has 4 rings (SSSR count). The van der Waals surface area contributed by atoms with Gasteiger partial charge >= 0.3 is 11.2 Å². The van der Waals surface area contributed by atoms with Crippen LogP contribution in [0.1, 0.15) is 32.1 Å². The Kier molecular flexibility index (Phi) is 2.51. The zero-order chi connectivity index (χ0) is 15.3. The van der Waals surface area contributed by atoms with Gasteiger partial charge in [-0.15, -0.1) is 0 Å². The molecule has 1 amide bonds. The van der Waals surface area contributed by atoms with Gasteiger partial charge in [-0.3, -0.25) is 4.79 Å². The second kappa shape index (κ2) is 3.72. The lowest BCUT2D eigenvalue weighted by molar-refractivity contribution is -0.257. The fourth-order valence-corrected chi connectivity index (χ4v) is 6.50. The van der Waals surface area contributed by atoms with Crippen molar-refractivity contribution in [2.45, 2.75) is 37.4 Å². The zero-order valence-corrected chi connectivity index (χ0v) is 12.2. The number of fused-ring (bicyclic) bond motifs is 1. The predicted molar refractivity (Wildman–Crippen MR) is 71.9 cm³/mol. The van der Waals surface area contributed by atoms with Crippen molar-refractivity contribution in [3.63, 3.8) is 0 Å². The number of alkyl halides is 2. The average molecular weight is 323 g/mol. The van der Waals surface area contributed by atoms with E-state index in [1.165, 1.54) is 12.8 Å². The normalized spacial score (nSPS) is 47.4. The Labute approximate surface area is 122 Å². The van der Waals surface area contributed by atoms with Gasteiger partial charge < -0.3 is 19.0 Å². The molecule has 0 heterocycles. The van der Waals surface area contributed by atoms with Crippen LogP contribution in [0.25, 0.3) is 0 Å². The number of rotatable bonds is 4. The zero-order valence-electron chi connectivity index (χ0n) is 11.4. The van der Waals surface area contributed by atoms with E-state index in [1.54, 1.807) is 0 Å². The first-order valence-corrected chi connectivity index (χ1v) is 8.79. The minimum atomic E-state index is -5.22. The van der Waals surface area contributed by atoms with Crippen LogP contribution in [0.5, 0.6) is 0 Å². The summed E-state index contributed by atoms with van der Waals surface area (Å²) >= 11 is 0. The van der Waals surface area contributed by atoms with Crippen LogP contribution in [0.15, 0.2) is 0 Å². The second-order valence-electron chi connectivity index (χ2n) is 7.38. The van der Waals surface area contributed by atoms with Crippen LogP contribution in [0.3, 0.4) is 0 Å². The molecule has 4 fully saturated rings. The van der Waals surface area contributed by atoms with Crippen molar-refractivity contribution in [3.05, 3.63) is 0 Å². The molecule has 4 saturated carbocycles. The number of amides is 1. The molecule has 4 N–H and O–H groups in total. The van der Waals surface area contributed by atoms with Gasteiger partial charge in [-0.05, 0) is 60.7 Å². The van der Waals surface area contributed by atoms with Crippen LogP contribution in [0, 0.1) is 28.6 Å². The van der Waals surface area contributed by atoms with E-state index in [4.69, 9.17) is 13.7 Å². The van der Waals surface area contributed by atoms with Crippen molar-refractivity contribution in [1.29, 1.82) is 0 Å². The maximum atomic E-state index is 13.4. The summed E-state index contributed by atoms with van der Waals surface area (Å²) in [5.41, 5.74) is 0.180. The van der Waals surface area contributed by atoms with Crippen LogP contribution in [-0.4, -0.2) is 31.4 Å². The number of hydrogen-bond acceptors (Lipinski definition) is 4. The summed E-state index contributed by atoms with van der Waals surface area (Å²) in [4.78, 5) is 11.5. The fraction of sp³-hybridized carbons (Fsp3) is 0.923. The van der Waals surface area contributed by atoms with Crippen molar-refractivity contribution in [3.8, 4) is 0 Å². The molecule has 4 aliphatic rings. The number of carbonyl (C=O) groups excluding carboxylic acids is 1. The molecule has 2 bridgehead atoms. The second-order valence-corrected chi connectivity index (χ2v) is 8.93. The molecule has 0 aromatic heterocycles. The maximum Gasteiger partial charge on any atom is 0.417 e. The molecule has 0 aromatic carbocycles. The summed E-state index contributed by atoms with van der Waals surface area (Å²) in [5.74, 6) is 0.345. The Hall–Kier alpha value is -0.440. The third kappa shape index (κ3) is 1.45.